The lowest BCUT2D eigenvalue weighted by Gasteiger charge is -2.25. The second-order valence-corrected chi connectivity index (χ2v) is 6.00. The molecular formula is C16H22N6O. The molecule has 1 atom stereocenters. The first-order valence-electron chi connectivity index (χ1n) is 7.93. The molecule has 1 aliphatic rings. The van der Waals surface area contributed by atoms with E-state index in [0.717, 1.165) is 43.3 Å². The van der Waals surface area contributed by atoms with E-state index in [1.54, 1.807) is 18.3 Å². The van der Waals surface area contributed by atoms with Gasteiger partial charge in [-0.2, -0.15) is 0 Å². The smallest absolute Gasteiger partial charge is 0.251 e. The molecule has 3 rings (SSSR count). The van der Waals surface area contributed by atoms with Crippen molar-refractivity contribution >= 4 is 11.7 Å². The van der Waals surface area contributed by atoms with Crippen molar-refractivity contribution in [3.8, 4) is 0 Å². The van der Waals surface area contributed by atoms with Gasteiger partial charge in [0.05, 0.1) is 0 Å². The molecule has 0 bridgehead atoms. The van der Waals surface area contributed by atoms with E-state index in [0.29, 0.717) is 5.56 Å². The van der Waals surface area contributed by atoms with Gasteiger partial charge in [0.1, 0.15) is 17.5 Å². The van der Waals surface area contributed by atoms with Crippen molar-refractivity contribution in [3.05, 3.63) is 35.5 Å². The van der Waals surface area contributed by atoms with Gasteiger partial charge in [0, 0.05) is 51.3 Å². The molecule has 0 unspecified atom stereocenters. The third kappa shape index (κ3) is 3.18. The largest absolute Gasteiger partial charge is 0.363 e. The highest BCUT2D eigenvalue weighted by molar-refractivity contribution is 5.95. The van der Waals surface area contributed by atoms with Crippen molar-refractivity contribution in [1.29, 1.82) is 0 Å². The van der Waals surface area contributed by atoms with E-state index in [1.807, 2.05) is 19.0 Å². The number of pyridine rings is 1. The zero-order chi connectivity index (χ0) is 16.4. The maximum atomic E-state index is 12.5. The first-order valence-corrected chi connectivity index (χ1v) is 7.93. The Morgan fingerprint density at radius 1 is 1.43 bits per heavy atom. The van der Waals surface area contributed by atoms with E-state index in [-0.39, 0.29) is 11.9 Å². The van der Waals surface area contributed by atoms with Gasteiger partial charge in [0.2, 0.25) is 0 Å². The van der Waals surface area contributed by atoms with Crippen LogP contribution < -0.4 is 10.2 Å². The van der Waals surface area contributed by atoms with Crippen LogP contribution in [0, 0.1) is 0 Å². The molecule has 0 aromatic carbocycles. The molecule has 3 heterocycles. The van der Waals surface area contributed by atoms with E-state index in [9.17, 15) is 4.79 Å². The summed E-state index contributed by atoms with van der Waals surface area (Å²) in [4.78, 5) is 18.6. The van der Waals surface area contributed by atoms with Crippen LogP contribution in [0.1, 0.15) is 35.4 Å². The van der Waals surface area contributed by atoms with Gasteiger partial charge in [-0.15, -0.1) is 10.2 Å². The zero-order valence-corrected chi connectivity index (χ0v) is 13.8. The molecule has 2 aromatic rings. The number of fused-ring (bicyclic) bond motifs is 1. The number of rotatable bonds is 4. The molecule has 0 saturated carbocycles. The van der Waals surface area contributed by atoms with Gasteiger partial charge in [-0.3, -0.25) is 4.79 Å². The van der Waals surface area contributed by atoms with E-state index in [4.69, 9.17) is 0 Å². The SMILES string of the molecule is CCc1nnc2n1C[C@H](NC(=O)c1ccnc(N(C)C)c1)CC2. The molecule has 0 fully saturated rings. The van der Waals surface area contributed by atoms with Gasteiger partial charge in [-0.25, -0.2) is 4.98 Å². The van der Waals surface area contributed by atoms with Gasteiger partial charge >= 0.3 is 0 Å². The Bertz CT molecular complexity index is 695. The van der Waals surface area contributed by atoms with Gasteiger partial charge in [0.15, 0.2) is 0 Å². The molecule has 23 heavy (non-hydrogen) atoms. The van der Waals surface area contributed by atoms with Gasteiger partial charge < -0.3 is 14.8 Å². The van der Waals surface area contributed by atoms with Gasteiger partial charge in [-0.1, -0.05) is 6.92 Å². The van der Waals surface area contributed by atoms with Gasteiger partial charge in [-0.05, 0) is 18.6 Å². The maximum Gasteiger partial charge on any atom is 0.251 e. The summed E-state index contributed by atoms with van der Waals surface area (Å²) in [6, 6.07) is 3.65. The lowest BCUT2D eigenvalue weighted by molar-refractivity contribution is 0.0927. The molecule has 1 amide bonds. The monoisotopic (exact) mass is 314 g/mol. The molecule has 2 aromatic heterocycles. The van der Waals surface area contributed by atoms with Crippen molar-refractivity contribution in [2.24, 2.45) is 0 Å². The third-order valence-corrected chi connectivity index (χ3v) is 4.14. The number of carbonyl (C=O) groups excluding carboxylic acids is 1. The average molecular weight is 314 g/mol. The highest BCUT2D eigenvalue weighted by atomic mass is 16.1. The Labute approximate surface area is 135 Å². The predicted molar refractivity (Wildman–Crippen MR) is 87.5 cm³/mol. The fourth-order valence-corrected chi connectivity index (χ4v) is 2.84. The van der Waals surface area contributed by atoms with Crippen LogP contribution in [-0.2, 0) is 19.4 Å². The number of aromatic nitrogens is 4. The van der Waals surface area contributed by atoms with Crippen LogP contribution in [0.4, 0.5) is 5.82 Å². The minimum atomic E-state index is -0.0601. The van der Waals surface area contributed by atoms with Crippen molar-refractivity contribution in [2.75, 3.05) is 19.0 Å². The number of carbonyl (C=O) groups is 1. The fourth-order valence-electron chi connectivity index (χ4n) is 2.84. The van der Waals surface area contributed by atoms with Crippen molar-refractivity contribution in [2.45, 2.75) is 38.8 Å². The summed E-state index contributed by atoms with van der Waals surface area (Å²) in [5.74, 6) is 2.72. The number of aryl methyl sites for hydroxylation is 2. The summed E-state index contributed by atoms with van der Waals surface area (Å²) in [5.41, 5.74) is 0.633. The second kappa shape index (κ2) is 6.36. The normalized spacial score (nSPS) is 16.7. The molecule has 7 heteroatoms. The highest BCUT2D eigenvalue weighted by Gasteiger charge is 2.24. The lowest BCUT2D eigenvalue weighted by Crippen LogP contribution is -2.41. The van der Waals surface area contributed by atoms with E-state index >= 15 is 0 Å². The van der Waals surface area contributed by atoms with Crippen LogP contribution >= 0.6 is 0 Å². The number of anilines is 1. The lowest BCUT2D eigenvalue weighted by atomic mass is 10.1. The van der Waals surface area contributed by atoms with Crippen molar-refractivity contribution in [3.63, 3.8) is 0 Å². The quantitative estimate of drug-likeness (QED) is 0.913. The van der Waals surface area contributed by atoms with Crippen molar-refractivity contribution in [1.82, 2.24) is 25.1 Å². The molecule has 7 nitrogen and oxygen atoms in total. The molecule has 0 spiro atoms. The van der Waals surface area contributed by atoms with Crippen LogP contribution in [0.5, 0.6) is 0 Å². The summed E-state index contributed by atoms with van der Waals surface area (Å²) in [6.45, 7) is 2.81. The Morgan fingerprint density at radius 3 is 3.00 bits per heavy atom. The van der Waals surface area contributed by atoms with E-state index in [1.165, 1.54) is 0 Å². The molecule has 1 aliphatic heterocycles. The third-order valence-electron chi connectivity index (χ3n) is 4.14. The Balaban J connectivity index is 1.70. The molecular weight excluding hydrogens is 292 g/mol. The van der Waals surface area contributed by atoms with E-state index < -0.39 is 0 Å². The summed E-state index contributed by atoms with van der Waals surface area (Å²) < 4.78 is 2.13. The molecule has 0 radical (unpaired) electrons. The standard InChI is InChI=1S/C16H22N6O/c1-4-13-19-20-14-6-5-12(10-22(13)14)18-16(23)11-7-8-17-15(9-11)21(2)3/h7-9,12H,4-6,10H2,1-3H3,(H,18,23)/t12-/m1/s1. The predicted octanol–water partition coefficient (Wildman–Crippen LogP) is 1.05. The number of nitrogens with one attached hydrogen (secondary N) is 1. The van der Waals surface area contributed by atoms with Gasteiger partial charge in [0.25, 0.3) is 5.91 Å². The van der Waals surface area contributed by atoms with Crippen LogP contribution in [0.3, 0.4) is 0 Å². The molecule has 0 aliphatic carbocycles. The summed E-state index contributed by atoms with van der Waals surface area (Å²) in [5, 5.41) is 11.5. The second-order valence-electron chi connectivity index (χ2n) is 6.00. The van der Waals surface area contributed by atoms with Crippen LogP contribution in [0.25, 0.3) is 0 Å². The summed E-state index contributed by atoms with van der Waals surface area (Å²) in [6.07, 6.45) is 4.25. The number of hydrogen-bond donors (Lipinski definition) is 1. The summed E-state index contributed by atoms with van der Waals surface area (Å²) in [7, 11) is 3.82. The maximum absolute atomic E-state index is 12.5. The van der Waals surface area contributed by atoms with E-state index in [2.05, 4.69) is 32.0 Å². The minimum Gasteiger partial charge on any atom is -0.363 e. The highest BCUT2D eigenvalue weighted by Crippen LogP contribution is 2.16. The first kappa shape index (κ1) is 15.5. The molecule has 0 saturated heterocycles. The number of nitrogens with zero attached hydrogens (tertiary/aromatic N) is 5. The minimum absolute atomic E-state index is 0.0601. The Hall–Kier alpha value is -2.44. The fraction of sp³-hybridized carbons (Fsp3) is 0.500. The Morgan fingerprint density at radius 2 is 2.26 bits per heavy atom. The topological polar surface area (TPSA) is 75.9 Å². The Kier molecular flexibility index (Phi) is 4.27. The number of hydrogen-bond acceptors (Lipinski definition) is 5. The zero-order valence-electron chi connectivity index (χ0n) is 13.8. The van der Waals surface area contributed by atoms with Crippen molar-refractivity contribution < 1.29 is 4.79 Å². The van der Waals surface area contributed by atoms with Crippen LogP contribution in [-0.4, -0.2) is 45.8 Å². The first-order chi connectivity index (χ1) is 11.1. The summed E-state index contributed by atoms with van der Waals surface area (Å²) >= 11 is 0. The average Bonchev–Trinajstić information content (AvgIpc) is 2.97. The van der Waals surface area contributed by atoms with Crippen LogP contribution in [0.2, 0.25) is 0 Å². The molecule has 1 N–H and O–H groups in total. The van der Waals surface area contributed by atoms with Crippen LogP contribution in [0.15, 0.2) is 18.3 Å². The number of amides is 1. The molecule has 122 valence electrons.